The van der Waals surface area contributed by atoms with Crippen LogP contribution in [0.4, 0.5) is 35.7 Å². The normalized spacial score (nSPS) is 17.0. The first-order chi connectivity index (χ1) is 61.6. The Labute approximate surface area is 759 Å². The quantitative estimate of drug-likeness (QED) is 0.00971. The lowest BCUT2D eigenvalue weighted by Crippen LogP contribution is -2.47. The average Bonchev–Trinajstić information content (AvgIpc) is 1.06. The number of allylic oxidation sites excluding steroid dienone is 3. The maximum Gasteiger partial charge on any atom is 0.396 e. The highest BCUT2D eigenvalue weighted by atomic mass is 35.5. The molecule has 3 saturated heterocycles. The number of aliphatic carboxylic acids is 1. The van der Waals surface area contributed by atoms with Crippen LogP contribution in [0.25, 0.3) is 0 Å². The van der Waals surface area contributed by atoms with E-state index in [4.69, 9.17) is 63.8 Å². The van der Waals surface area contributed by atoms with Crippen molar-refractivity contribution in [2.75, 3.05) is 104 Å². The summed E-state index contributed by atoms with van der Waals surface area (Å²) in [5, 5.41) is 32.2. The van der Waals surface area contributed by atoms with E-state index in [9.17, 15) is 78.7 Å². The van der Waals surface area contributed by atoms with Crippen LogP contribution in [0.15, 0.2) is 126 Å². The molecule has 0 radical (unpaired) electrons. The van der Waals surface area contributed by atoms with Crippen LogP contribution in [0.3, 0.4) is 0 Å². The third-order valence-electron chi connectivity index (χ3n) is 19.6. The van der Waals surface area contributed by atoms with Crippen molar-refractivity contribution in [3.8, 4) is 0 Å². The molecule has 7 aromatic rings. The maximum atomic E-state index is 14.6. The van der Waals surface area contributed by atoms with E-state index in [0.717, 1.165) is 49.1 Å². The first-order valence-electron chi connectivity index (χ1n) is 39.8. The third kappa shape index (κ3) is 25.4. The van der Waals surface area contributed by atoms with E-state index in [1.807, 2.05) is 10.7 Å². The number of thiazole rings is 4. The summed E-state index contributed by atoms with van der Waals surface area (Å²) in [6.07, 6.45) is 10.2. The van der Waals surface area contributed by atoms with Crippen molar-refractivity contribution >= 4 is 162 Å². The van der Waals surface area contributed by atoms with Gasteiger partial charge >= 0.3 is 53.6 Å². The standard InChI is InChI=1S/C27H28ClF2N5O6S.C27H26ClF2N5O4S2.C21H21ClF2N4O2S.C6H9NO5.CH3F/c1-3-40-26(38)18-21(14-7-10-35(11-8-14)17(36)13-32-24(37)27(39)41-4-2)33-23(25-31-9-12-42-25)34-22(18)15-5-6-16(29)20(30)19(15)28;1-3-38-26(36)18-21(14-7-10-35(11-8-14)17-13-32-25(41-17)27(37)39-4-2)33-23(24-31-9-12-40-24)34-22(18)15-5-6-16(29)20(30)19(15)28;1-2-30-21(29)14-17(11-5-7-25-8-6-11)27-19(20-26-9-10-31-20)28-18(14)12-3-4-13(23)16(24)15(12)22;1-2-12-6(11)5(10)7-3-4(8)9;1-2/h5-6,9,12,14,22H,3-4,7-8,10-11,13H2,1-2H3,(H,32,37)(H,33,34);5-6,9,12-14,22H,3-4,7-8,10-11H2,1-2H3,(H,33,34);3-4,9-11,18,25H,2,5-8H2,1H3,(H,27,28);2-3H2,1H3,(H,7,10)(H,8,9);1H3. The molecule has 6 aliphatic rings. The Balaban J connectivity index is 0.000000203. The number of nitrogens with zero attached hydrogens (tertiary/aromatic N) is 9. The maximum absolute atomic E-state index is 14.6. The van der Waals surface area contributed by atoms with E-state index < -0.39 is 134 Å². The number of rotatable bonds is 24. The molecule has 3 atom stereocenters. The van der Waals surface area contributed by atoms with Crippen molar-refractivity contribution in [1.29, 1.82) is 0 Å². The van der Waals surface area contributed by atoms with Crippen LogP contribution >= 0.6 is 80.1 Å². The highest BCUT2D eigenvalue weighted by molar-refractivity contribution is 7.17. The number of nitrogens with one attached hydrogen (secondary N) is 6. The second-order valence-corrected chi connectivity index (χ2v) is 32.2. The molecule has 3 unspecified atom stereocenters. The Morgan fingerprint density at radius 2 is 0.797 bits per heavy atom. The van der Waals surface area contributed by atoms with Crippen molar-refractivity contribution in [3.05, 3.63) is 198 Å². The van der Waals surface area contributed by atoms with Gasteiger partial charge in [-0.2, -0.15) is 0 Å². The van der Waals surface area contributed by atoms with Gasteiger partial charge in [-0.1, -0.05) is 64.3 Å². The summed E-state index contributed by atoms with van der Waals surface area (Å²) >= 11 is 24.0. The van der Waals surface area contributed by atoms with E-state index in [1.54, 1.807) is 77.1 Å². The molecule has 13 rings (SSSR count). The van der Waals surface area contributed by atoms with Crippen LogP contribution in [-0.4, -0.2) is 206 Å². The number of carboxylic acids is 1. The van der Waals surface area contributed by atoms with E-state index in [-0.39, 0.29) is 110 Å². The number of aromatic nitrogens is 4. The van der Waals surface area contributed by atoms with Crippen molar-refractivity contribution < 1.29 is 112 Å². The number of likely N-dealkylation sites (tertiary alicyclic amines) is 1. The lowest BCUT2D eigenvalue weighted by molar-refractivity contribution is -0.155. The number of aliphatic imine (C=N–C) groups is 3. The van der Waals surface area contributed by atoms with E-state index in [2.05, 4.69) is 70.9 Å². The average molecular weight is 1920 g/mol. The van der Waals surface area contributed by atoms with E-state index in [0.29, 0.717) is 101 Å². The summed E-state index contributed by atoms with van der Waals surface area (Å²) in [4.78, 5) is 154. The smallest absolute Gasteiger partial charge is 0.396 e. The Bertz CT molecular complexity index is 5360. The lowest BCUT2D eigenvalue weighted by Gasteiger charge is -2.37. The zero-order valence-electron chi connectivity index (χ0n) is 69.5. The van der Waals surface area contributed by atoms with Gasteiger partial charge in [0.2, 0.25) is 10.9 Å². The van der Waals surface area contributed by atoms with Crippen molar-refractivity contribution in [1.82, 2.24) is 56.7 Å². The van der Waals surface area contributed by atoms with Gasteiger partial charge in [0, 0.05) is 112 Å². The molecule has 10 heterocycles. The van der Waals surface area contributed by atoms with Gasteiger partial charge in [0.05, 0.1) is 91.3 Å². The molecular formula is C82H87Cl3F7N15O17S4. The van der Waals surface area contributed by atoms with Crippen LogP contribution in [0.2, 0.25) is 15.1 Å². The van der Waals surface area contributed by atoms with Crippen LogP contribution in [0, 0.1) is 52.7 Å². The molecule has 4 aromatic heterocycles. The number of hydrogen-bond donors (Lipinski definition) is 7. The van der Waals surface area contributed by atoms with Crippen molar-refractivity contribution in [2.24, 2.45) is 32.7 Å². The topological polar surface area (TPSA) is 414 Å². The fraction of sp³-hybridized carbons (Fsp3) is 0.402. The molecule has 0 saturated carbocycles. The fourth-order valence-corrected chi connectivity index (χ4v) is 17.2. The van der Waals surface area contributed by atoms with Crippen LogP contribution in [0.5, 0.6) is 0 Å². The molecule has 0 bridgehead atoms. The second-order valence-electron chi connectivity index (χ2n) is 27.3. The molecule has 7 N–H and O–H groups in total. The predicted octanol–water partition coefficient (Wildman–Crippen LogP) is 11.8. The summed E-state index contributed by atoms with van der Waals surface area (Å²) in [7, 11) is 0.500. The fourth-order valence-electron chi connectivity index (χ4n) is 13.8. The van der Waals surface area contributed by atoms with Gasteiger partial charge in [-0.25, -0.2) is 75.0 Å². The number of benzene rings is 3. The number of ether oxygens (including phenoxy) is 6. The number of piperidine rings is 3. The Kier molecular flexibility index (Phi) is 38.2. The number of carboxylic acid groups (broad SMARTS) is 1. The largest absolute Gasteiger partial charge is 0.480 e. The monoisotopic (exact) mass is 1920 g/mol. The SMILES string of the molecule is CCOC(=O)C(=O)NCC(=O)N1CCC(C2=C(C(=O)OCC)C(c3ccc(F)c(F)c3Cl)N=C(c3nccs3)N2)CC1.CCOC(=O)C(=O)NCC(=O)O.CCOC(=O)C1=C(C2CCN(c3cnc(C(=O)OCC)s3)CC2)NC(c2nccs2)=NC1c1ccc(F)c(F)c1Cl.CCOC(=O)C1=C(C2CCNCC2)NC(c2nccs2)=NC1c1ccc(F)c(F)c1Cl.CF. The zero-order valence-corrected chi connectivity index (χ0v) is 75.1. The van der Waals surface area contributed by atoms with E-state index >= 15 is 0 Å². The molecule has 3 amide bonds. The number of carbonyl (C=O) groups excluding carboxylic acids is 9. The number of anilines is 1. The third-order valence-corrected chi connectivity index (χ3v) is 24.1. The number of halogens is 10. The number of carbonyl (C=O) groups is 10. The Morgan fingerprint density at radius 3 is 1.13 bits per heavy atom. The molecule has 46 heteroatoms. The number of amides is 3. The first kappa shape index (κ1) is 100. The van der Waals surface area contributed by atoms with Gasteiger partial charge in [-0.3, -0.25) is 38.5 Å². The number of hydrogen-bond acceptors (Lipinski definition) is 32. The minimum atomic E-state index is -1.26. The molecule has 6 aliphatic heterocycles. The second kappa shape index (κ2) is 48.7. The number of alkyl halides is 1. The Hall–Kier alpha value is -11.4. The number of esters is 6. The van der Waals surface area contributed by atoms with Crippen LogP contribution in [-0.2, 0) is 71.6 Å². The number of amidine groups is 3. The molecule has 3 aromatic carbocycles. The van der Waals surface area contributed by atoms with Crippen LogP contribution < -0.4 is 36.8 Å². The summed E-state index contributed by atoms with van der Waals surface area (Å²) in [6.45, 7) is 13.0. The van der Waals surface area contributed by atoms with E-state index in [1.165, 1.54) is 68.4 Å². The summed E-state index contributed by atoms with van der Waals surface area (Å²) < 4.78 is 125. The van der Waals surface area contributed by atoms with Gasteiger partial charge in [0.25, 0.3) is 0 Å². The van der Waals surface area contributed by atoms with Gasteiger partial charge in [-0.05, 0) is 111 Å². The Morgan fingerprint density at radius 1 is 0.461 bits per heavy atom. The van der Waals surface area contributed by atoms with Gasteiger partial charge < -0.3 is 75.2 Å². The molecule has 32 nitrogen and oxygen atoms in total. The minimum Gasteiger partial charge on any atom is -0.480 e. The molecule has 686 valence electrons. The molecule has 128 heavy (non-hydrogen) atoms. The van der Waals surface area contributed by atoms with Gasteiger partial charge in [0.1, 0.15) is 29.7 Å². The molecule has 3 fully saturated rings. The summed E-state index contributed by atoms with van der Waals surface area (Å²) in [5.41, 5.74) is 2.70. The predicted molar refractivity (Wildman–Crippen MR) is 461 cm³/mol. The first-order valence-corrected chi connectivity index (χ1v) is 44.4. The van der Waals surface area contributed by atoms with Gasteiger partial charge in [-0.15, -0.1) is 34.0 Å². The van der Waals surface area contributed by atoms with Crippen molar-refractivity contribution in [2.45, 2.75) is 98.2 Å². The van der Waals surface area contributed by atoms with Crippen molar-refractivity contribution in [3.63, 3.8) is 0 Å². The van der Waals surface area contributed by atoms with Crippen LogP contribution in [0.1, 0.15) is 140 Å². The lowest BCUT2D eigenvalue weighted by atomic mass is 9.85. The molecular weight excluding hydrogens is 1830 g/mol. The zero-order chi connectivity index (χ0) is 93.0. The molecule has 0 spiro atoms. The molecule has 0 aliphatic carbocycles. The summed E-state index contributed by atoms with van der Waals surface area (Å²) in [6, 6.07) is 3.74. The highest BCUT2D eigenvalue weighted by Crippen LogP contribution is 2.46. The van der Waals surface area contributed by atoms with Gasteiger partial charge in [0.15, 0.2) is 67.4 Å². The highest BCUT2D eigenvalue weighted by Gasteiger charge is 2.43. The minimum absolute atomic E-state index is 0.0313. The summed E-state index contributed by atoms with van der Waals surface area (Å²) in [5.74, 6) is -14.3.